The first-order valence-corrected chi connectivity index (χ1v) is 12.6. The summed E-state index contributed by atoms with van der Waals surface area (Å²) >= 11 is -0.0807. The summed E-state index contributed by atoms with van der Waals surface area (Å²) in [6.45, 7) is 0.268. The highest BCUT2D eigenvalue weighted by Gasteiger charge is 2.47. The van der Waals surface area contributed by atoms with Crippen molar-refractivity contribution in [1.82, 2.24) is 8.96 Å². The van der Waals surface area contributed by atoms with Crippen LogP contribution in [0.3, 0.4) is 0 Å². The molecule has 6 rings (SSSR count). The second-order valence-corrected chi connectivity index (χ2v) is 9.85. The largest absolute Gasteiger partial charge is 0.472 e. The topological polar surface area (TPSA) is 99.6 Å². The summed E-state index contributed by atoms with van der Waals surface area (Å²) in [5.41, 5.74) is 8.83. The molecule has 1 saturated heterocycles. The second kappa shape index (κ2) is 9.44. The van der Waals surface area contributed by atoms with E-state index >= 15 is 4.39 Å². The number of halogens is 2. The summed E-state index contributed by atoms with van der Waals surface area (Å²) in [7, 11) is 0. The zero-order chi connectivity index (χ0) is 25.7. The van der Waals surface area contributed by atoms with Crippen molar-refractivity contribution in [2.75, 3.05) is 6.61 Å². The number of carbonyl (C=O) groups excluding carboxylic acids is 1. The Kier molecular flexibility index (Phi) is 6.10. The Hall–Kier alpha value is -3.47. The molecule has 0 bridgehead atoms. The van der Waals surface area contributed by atoms with E-state index in [4.69, 9.17) is 15.2 Å². The van der Waals surface area contributed by atoms with Gasteiger partial charge in [0.1, 0.15) is 11.8 Å². The third-order valence-corrected chi connectivity index (χ3v) is 7.71. The van der Waals surface area contributed by atoms with E-state index in [0.717, 1.165) is 17.5 Å². The molecule has 0 spiro atoms. The van der Waals surface area contributed by atoms with Gasteiger partial charge in [-0.1, -0.05) is 36.4 Å². The highest BCUT2D eigenvalue weighted by Crippen LogP contribution is 2.40. The molecular formula is C27H23F2N3O4S. The molecule has 0 radical (unpaired) electrons. The summed E-state index contributed by atoms with van der Waals surface area (Å²) < 4.78 is 42.1. The maximum Gasteiger partial charge on any atom is 0.248 e. The Morgan fingerprint density at radius 2 is 1.76 bits per heavy atom. The molecule has 2 aliphatic rings. The average molecular weight is 524 g/mol. The second-order valence-electron chi connectivity index (χ2n) is 9.35. The van der Waals surface area contributed by atoms with Gasteiger partial charge < -0.3 is 20.3 Å². The fourth-order valence-corrected chi connectivity index (χ4v) is 5.66. The molecule has 2 aromatic carbocycles. The van der Waals surface area contributed by atoms with Crippen molar-refractivity contribution < 1.29 is 27.7 Å². The van der Waals surface area contributed by atoms with E-state index in [2.05, 4.69) is 4.98 Å². The van der Waals surface area contributed by atoms with Gasteiger partial charge in [0.2, 0.25) is 11.8 Å². The standard InChI is InChI=1S/C27H23F2N3O4S/c28-19-11-21-20(12-24(32(21)37-29)36-23-10-9-18-22(33)13-35-26(18)23)31-25(19)16-5-1-14(2-6-16)15-3-7-17(8-4-15)27(30)34/h1-8,11-12,18,22-23,26,33H,9-10,13H2,(H2,30,34)/t18?,22-,23-,26+/m1/s1. The zero-order valence-electron chi connectivity index (χ0n) is 19.5. The number of amides is 1. The van der Waals surface area contributed by atoms with Crippen LogP contribution in [0.5, 0.6) is 5.88 Å². The first-order valence-electron chi connectivity index (χ1n) is 11.9. The van der Waals surface area contributed by atoms with Crippen molar-refractivity contribution in [3.8, 4) is 28.3 Å². The lowest BCUT2D eigenvalue weighted by atomic mass is 10.0. The van der Waals surface area contributed by atoms with Crippen molar-refractivity contribution in [3.63, 3.8) is 0 Å². The minimum Gasteiger partial charge on any atom is -0.472 e. The van der Waals surface area contributed by atoms with E-state index in [-0.39, 0.29) is 54.2 Å². The van der Waals surface area contributed by atoms with Crippen LogP contribution in [0.1, 0.15) is 23.2 Å². The van der Waals surface area contributed by atoms with E-state index in [1.807, 2.05) is 12.1 Å². The molecule has 37 heavy (non-hydrogen) atoms. The summed E-state index contributed by atoms with van der Waals surface area (Å²) in [5, 5.41) is 10.1. The van der Waals surface area contributed by atoms with Crippen LogP contribution in [0.4, 0.5) is 8.28 Å². The van der Waals surface area contributed by atoms with Crippen LogP contribution in [-0.2, 0) is 4.74 Å². The maximum atomic E-state index is 15.2. The van der Waals surface area contributed by atoms with E-state index in [1.54, 1.807) is 42.5 Å². The number of hydrogen-bond acceptors (Lipinski definition) is 6. The monoisotopic (exact) mass is 523 g/mol. The molecule has 1 saturated carbocycles. The minimum atomic E-state index is -0.589. The summed E-state index contributed by atoms with van der Waals surface area (Å²) in [5.74, 6) is -0.858. The first kappa shape index (κ1) is 23.9. The van der Waals surface area contributed by atoms with Gasteiger partial charge in [-0.15, -0.1) is 3.89 Å². The maximum absolute atomic E-state index is 15.2. The van der Waals surface area contributed by atoms with Gasteiger partial charge in [-0.05, 0) is 36.1 Å². The number of nitrogens with two attached hydrogens (primary N) is 1. The molecule has 2 aromatic heterocycles. The van der Waals surface area contributed by atoms with Crippen molar-refractivity contribution in [3.05, 3.63) is 72.0 Å². The predicted octanol–water partition coefficient (Wildman–Crippen LogP) is 4.91. The van der Waals surface area contributed by atoms with Gasteiger partial charge in [0.15, 0.2) is 18.2 Å². The number of benzene rings is 2. The van der Waals surface area contributed by atoms with Gasteiger partial charge in [-0.25, -0.2) is 13.3 Å². The molecule has 3 N–H and O–H groups in total. The number of hydrogen-bond donors (Lipinski definition) is 2. The molecule has 3 heterocycles. The number of nitrogens with zero attached hydrogens (tertiary/aromatic N) is 2. The molecule has 1 unspecified atom stereocenters. The Morgan fingerprint density at radius 1 is 1.08 bits per heavy atom. The fraction of sp³-hybridized carbons (Fsp3) is 0.259. The molecule has 190 valence electrons. The van der Waals surface area contributed by atoms with Crippen molar-refractivity contribution >= 4 is 29.3 Å². The number of rotatable bonds is 6. The number of ether oxygens (including phenoxy) is 2. The number of aliphatic hydroxyl groups is 1. The average Bonchev–Trinajstić information content (AvgIpc) is 3.58. The van der Waals surface area contributed by atoms with E-state index in [9.17, 15) is 13.8 Å². The van der Waals surface area contributed by atoms with Crippen LogP contribution in [-0.4, -0.2) is 44.9 Å². The molecule has 1 aliphatic heterocycles. The quantitative estimate of drug-likeness (QED) is 0.373. The molecule has 4 atom stereocenters. The summed E-state index contributed by atoms with van der Waals surface area (Å²) in [4.78, 5) is 15.8. The first-order chi connectivity index (χ1) is 17.9. The number of pyridine rings is 1. The van der Waals surface area contributed by atoms with Gasteiger partial charge in [0, 0.05) is 29.2 Å². The van der Waals surface area contributed by atoms with Gasteiger partial charge >= 0.3 is 0 Å². The number of aliphatic hydroxyl groups excluding tert-OH is 1. The van der Waals surface area contributed by atoms with Crippen molar-refractivity contribution in [1.29, 1.82) is 0 Å². The number of carbonyl (C=O) groups is 1. The Bertz CT molecular complexity index is 1480. The molecule has 1 amide bonds. The fourth-order valence-electron chi connectivity index (χ4n) is 5.28. The van der Waals surface area contributed by atoms with Gasteiger partial charge in [-0.2, -0.15) is 0 Å². The van der Waals surface area contributed by atoms with Crippen LogP contribution < -0.4 is 10.5 Å². The van der Waals surface area contributed by atoms with Gasteiger partial charge in [0.25, 0.3) is 0 Å². The van der Waals surface area contributed by atoms with E-state index in [0.29, 0.717) is 23.1 Å². The lowest BCUT2D eigenvalue weighted by molar-refractivity contribution is 0.0150. The van der Waals surface area contributed by atoms with Crippen LogP contribution in [0.2, 0.25) is 0 Å². The zero-order valence-corrected chi connectivity index (χ0v) is 20.3. The molecule has 7 nitrogen and oxygen atoms in total. The van der Waals surface area contributed by atoms with Crippen LogP contribution >= 0.6 is 12.3 Å². The molecular weight excluding hydrogens is 500 g/mol. The van der Waals surface area contributed by atoms with Crippen molar-refractivity contribution in [2.24, 2.45) is 11.7 Å². The van der Waals surface area contributed by atoms with Crippen LogP contribution in [0.25, 0.3) is 33.4 Å². The van der Waals surface area contributed by atoms with Crippen LogP contribution in [0, 0.1) is 11.7 Å². The summed E-state index contributed by atoms with van der Waals surface area (Å²) in [6.07, 6.45) is 0.347. The SMILES string of the molecule is NC(=O)c1ccc(-c2ccc(-c3nc4cc(O[C@@H]5CCC6[C@H](O)CO[C@@H]65)n(SF)c4cc3F)cc2)cc1. The number of fused-ring (bicyclic) bond motifs is 2. The highest BCUT2D eigenvalue weighted by atomic mass is 32.2. The third-order valence-electron chi connectivity index (χ3n) is 7.19. The molecule has 2 fully saturated rings. The van der Waals surface area contributed by atoms with Crippen molar-refractivity contribution in [2.45, 2.75) is 31.2 Å². The Balaban J connectivity index is 1.28. The normalized spacial score (nSPS) is 22.9. The predicted molar refractivity (Wildman–Crippen MR) is 136 cm³/mol. The molecule has 4 aromatic rings. The van der Waals surface area contributed by atoms with Gasteiger partial charge in [0.05, 0.1) is 29.8 Å². The lowest BCUT2D eigenvalue weighted by Gasteiger charge is -2.19. The number of aromatic nitrogens is 2. The Labute approximate surface area is 215 Å². The van der Waals surface area contributed by atoms with E-state index < -0.39 is 17.8 Å². The molecule has 1 aliphatic carbocycles. The highest BCUT2D eigenvalue weighted by molar-refractivity contribution is 7.93. The smallest absolute Gasteiger partial charge is 0.248 e. The summed E-state index contributed by atoms with van der Waals surface area (Å²) in [6, 6.07) is 16.9. The number of primary amides is 1. The molecule has 10 heteroatoms. The lowest BCUT2D eigenvalue weighted by Crippen LogP contribution is -2.30. The van der Waals surface area contributed by atoms with Crippen LogP contribution in [0.15, 0.2) is 60.7 Å². The van der Waals surface area contributed by atoms with Gasteiger partial charge in [-0.3, -0.25) is 4.79 Å². The Morgan fingerprint density at radius 3 is 2.43 bits per heavy atom. The minimum absolute atomic E-state index is 0.00657. The third kappa shape index (κ3) is 4.24. The van der Waals surface area contributed by atoms with E-state index in [1.165, 1.54) is 10.0 Å².